The number of carbonyl (C=O) groups excluding carboxylic acids is 1. The lowest BCUT2D eigenvalue weighted by atomic mass is 10.1. The fourth-order valence-electron chi connectivity index (χ4n) is 2.72. The van der Waals surface area contributed by atoms with Gasteiger partial charge in [-0.05, 0) is 38.5 Å². The number of fused-ring (bicyclic) bond motifs is 1. The van der Waals surface area contributed by atoms with Crippen molar-refractivity contribution in [3.8, 4) is 0 Å². The van der Waals surface area contributed by atoms with Crippen molar-refractivity contribution in [3.63, 3.8) is 0 Å². The zero-order chi connectivity index (χ0) is 18.0. The largest absolute Gasteiger partial charge is 0.359 e. The predicted octanol–water partition coefficient (Wildman–Crippen LogP) is 3.98. The molecule has 3 aromatic rings. The smallest absolute Gasteiger partial charge is 0.235 e. The zero-order valence-electron chi connectivity index (χ0n) is 14.8. The molecule has 0 bridgehead atoms. The molecule has 1 atom stereocenters. The van der Waals surface area contributed by atoms with Gasteiger partial charge in [0.05, 0.1) is 28.0 Å². The van der Waals surface area contributed by atoms with Gasteiger partial charge in [-0.15, -0.1) is 0 Å². The Bertz CT molecular complexity index is 907. The van der Waals surface area contributed by atoms with Gasteiger partial charge in [0, 0.05) is 18.5 Å². The molecule has 0 spiro atoms. The highest BCUT2D eigenvalue weighted by Crippen LogP contribution is 2.27. The second-order valence-corrected chi connectivity index (χ2v) is 7.54. The molecule has 0 saturated heterocycles. The first-order valence-corrected chi connectivity index (χ1v) is 9.02. The number of amides is 1. The Balaban J connectivity index is 1.70. The van der Waals surface area contributed by atoms with Crippen LogP contribution in [0.2, 0.25) is 0 Å². The standard InChI is InChI=1S/C19H21N3O2S/c1-12-9-18(20-17-8-6-5-7-16(12)17)25-14(3)19(23)22(4)11-15-10-13(2)21-24-15/h5-10,14H,11H2,1-4H3/t14-/m1/s1. The second kappa shape index (κ2) is 7.27. The summed E-state index contributed by atoms with van der Waals surface area (Å²) in [6, 6.07) is 11.9. The first kappa shape index (κ1) is 17.5. The van der Waals surface area contributed by atoms with Crippen molar-refractivity contribution in [3.05, 3.63) is 53.4 Å². The minimum Gasteiger partial charge on any atom is -0.359 e. The van der Waals surface area contributed by atoms with E-state index < -0.39 is 0 Å². The second-order valence-electron chi connectivity index (χ2n) is 6.18. The number of aryl methyl sites for hydroxylation is 2. The maximum Gasteiger partial charge on any atom is 0.235 e. The fourth-order valence-corrected chi connectivity index (χ4v) is 3.76. The van der Waals surface area contributed by atoms with E-state index in [-0.39, 0.29) is 11.2 Å². The molecule has 6 heteroatoms. The summed E-state index contributed by atoms with van der Waals surface area (Å²) in [5, 5.41) is 5.62. The number of carbonyl (C=O) groups is 1. The number of hydrogen-bond acceptors (Lipinski definition) is 5. The van der Waals surface area contributed by atoms with Crippen LogP contribution in [0.25, 0.3) is 10.9 Å². The highest BCUT2D eigenvalue weighted by molar-refractivity contribution is 8.00. The Kier molecular flexibility index (Phi) is 5.08. The summed E-state index contributed by atoms with van der Waals surface area (Å²) in [7, 11) is 1.77. The SMILES string of the molecule is Cc1cc(CN(C)C(=O)[C@@H](C)Sc2cc(C)c3ccccc3n2)on1. The van der Waals surface area contributed by atoms with E-state index in [0.29, 0.717) is 12.3 Å². The Labute approximate surface area is 151 Å². The lowest BCUT2D eigenvalue weighted by molar-refractivity contribution is -0.129. The molecular formula is C19H21N3O2S. The number of benzene rings is 1. The molecule has 1 amide bonds. The summed E-state index contributed by atoms with van der Waals surface area (Å²) >= 11 is 1.48. The van der Waals surface area contributed by atoms with Gasteiger partial charge in [-0.1, -0.05) is 35.1 Å². The third-order valence-electron chi connectivity index (χ3n) is 3.99. The summed E-state index contributed by atoms with van der Waals surface area (Å²) in [5.74, 6) is 0.719. The Morgan fingerprint density at radius 1 is 1.28 bits per heavy atom. The van der Waals surface area contributed by atoms with E-state index >= 15 is 0 Å². The van der Waals surface area contributed by atoms with Crippen LogP contribution in [0.15, 0.2) is 45.9 Å². The highest BCUT2D eigenvalue weighted by Gasteiger charge is 2.21. The van der Waals surface area contributed by atoms with Crippen LogP contribution in [0.1, 0.15) is 23.9 Å². The van der Waals surface area contributed by atoms with Crippen LogP contribution >= 0.6 is 11.8 Å². The Morgan fingerprint density at radius 2 is 2.04 bits per heavy atom. The van der Waals surface area contributed by atoms with Gasteiger partial charge in [0.1, 0.15) is 0 Å². The van der Waals surface area contributed by atoms with Gasteiger partial charge < -0.3 is 9.42 Å². The molecule has 5 nitrogen and oxygen atoms in total. The molecule has 0 radical (unpaired) electrons. The predicted molar refractivity (Wildman–Crippen MR) is 99.5 cm³/mol. The first-order chi connectivity index (χ1) is 11.9. The van der Waals surface area contributed by atoms with Crippen LogP contribution in [-0.4, -0.2) is 33.2 Å². The van der Waals surface area contributed by atoms with Crippen molar-refractivity contribution < 1.29 is 9.32 Å². The first-order valence-electron chi connectivity index (χ1n) is 8.14. The van der Waals surface area contributed by atoms with Crippen molar-refractivity contribution in [1.82, 2.24) is 15.0 Å². The maximum absolute atomic E-state index is 12.6. The number of thioether (sulfide) groups is 1. The van der Waals surface area contributed by atoms with Gasteiger partial charge in [-0.3, -0.25) is 4.79 Å². The van der Waals surface area contributed by atoms with Crippen LogP contribution in [0, 0.1) is 13.8 Å². The van der Waals surface area contributed by atoms with E-state index in [2.05, 4.69) is 23.1 Å². The molecule has 0 N–H and O–H groups in total. The zero-order valence-corrected chi connectivity index (χ0v) is 15.6. The van der Waals surface area contributed by atoms with E-state index in [4.69, 9.17) is 4.52 Å². The molecule has 0 fully saturated rings. The molecule has 25 heavy (non-hydrogen) atoms. The topological polar surface area (TPSA) is 59.2 Å². The van der Waals surface area contributed by atoms with Gasteiger partial charge >= 0.3 is 0 Å². The van der Waals surface area contributed by atoms with E-state index in [9.17, 15) is 4.79 Å². The van der Waals surface area contributed by atoms with Crippen molar-refractivity contribution >= 4 is 28.6 Å². The average molecular weight is 355 g/mol. The van der Waals surface area contributed by atoms with Crippen molar-refractivity contribution in [2.24, 2.45) is 0 Å². The quantitative estimate of drug-likeness (QED) is 0.648. The Morgan fingerprint density at radius 3 is 2.76 bits per heavy atom. The lowest BCUT2D eigenvalue weighted by Gasteiger charge is -2.19. The number of aromatic nitrogens is 2. The number of pyridine rings is 1. The molecule has 130 valence electrons. The Hall–Kier alpha value is -2.34. The third-order valence-corrected chi connectivity index (χ3v) is 5.00. The van der Waals surface area contributed by atoms with Crippen molar-refractivity contribution in [2.75, 3.05) is 7.05 Å². The molecule has 1 aromatic carbocycles. The van der Waals surface area contributed by atoms with Crippen LogP contribution in [-0.2, 0) is 11.3 Å². The van der Waals surface area contributed by atoms with Crippen LogP contribution in [0.3, 0.4) is 0 Å². The van der Waals surface area contributed by atoms with Gasteiger partial charge in [0.15, 0.2) is 5.76 Å². The monoisotopic (exact) mass is 355 g/mol. The molecule has 0 saturated carbocycles. The molecule has 0 aliphatic carbocycles. The van der Waals surface area contributed by atoms with Gasteiger partial charge in [-0.25, -0.2) is 4.98 Å². The normalized spacial score (nSPS) is 12.3. The lowest BCUT2D eigenvalue weighted by Crippen LogP contribution is -2.32. The van der Waals surface area contributed by atoms with E-state index in [1.165, 1.54) is 17.3 Å². The molecule has 2 heterocycles. The molecule has 2 aromatic heterocycles. The number of nitrogens with zero attached hydrogens (tertiary/aromatic N) is 3. The summed E-state index contributed by atoms with van der Waals surface area (Å²) in [5.41, 5.74) is 2.93. The fraction of sp³-hybridized carbons (Fsp3) is 0.316. The summed E-state index contributed by atoms with van der Waals surface area (Å²) < 4.78 is 5.18. The van der Waals surface area contributed by atoms with Gasteiger partial charge in [0.2, 0.25) is 5.91 Å². The number of rotatable bonds is 5. The minimum atomic E-state index is -0.234. The number of hydrogen-bond donors (Lipinski definition) is 0. The average Bonchev–Trinajstić information content (AvgIpc) is 2.99. The van der Waals surface area contributed by atoms with Crippen molar-refractivity contribution in [1.29, 1.82) is 0 Å². The van der Waals surface area contributed by atoms with Crippen LogP contribution < -0.4 is 0 Å². The molecule has 0 aliphatic heterocycles. The molecule has 0 aliphatic rings. The van der Waals surface area contributed by atoms with E-state index in [1.807, 2.05) is 44.2 Å². The maximum atomic E-state index is 12.6. The molecule has 3 rings (SSSR count). The summed E-state index contributed by atoms with van der Waals surface area (Å²) in [6.45, 7) is 6.25. The minimum absolute atomic E-state index is 0.0339. The van der Waals surface area contributed by atoms with E-state index in [1.54, 1.807) is 11.9 Å². The van der Waals surface area contributed by atoms with Crippen LogP contribution in [0.4, 0.5) is 0 Å². The summed E-state index contributed by atoms with van der Waals surface area (Å²) in [4.78, 5) is 18.9. The summed E-state index contributed by atoms with van der Waals surface area (Å²) in [6.07, 6.45) is 0. The van der Waals surface area contributed by atoms with Crippen LogP contribution in [0.5, 0.6) is 0 Å². The molecular weight excluding hydrogens is 334 g/mol. The van der Waals surface area contributed by atoms with Gasteiger partial charge in [-0.2, -0.15) is 0 Å². The van der Waals surface area contributed by atoms with Crippen molar-refractivity contribution in [2.45, 2.75) is 37.6 Å². The number of para-hydroxylation sites is 1. The highest BCUT2D eigenvalue weighted by atomic mass is 32.2. The molecule has 0 unspecified atom stereocenters. The van der Waals surface area contributed by atoms with Gasteiger partial charge in [0.25, 0.3) is 0 Å². The van der Waals surface area contributed by atoms with E-state index in [0.717, 1.165) is 21.6 Å². The third kappa shape index (κ3) is 4.02.